The summed E-state index contributed by atoms with van der Waals surface area (Å²) in [5.74, 6) is -0.137. The minimum atomic E-state index is -0.505. The van der Waals surface area contributed by atoms with Gasteiger partial charge in [-0.05, 0) is 18.9 Å². The molecule has 0 saturated carbocycles. The summed E-state index contributed by atoms with van der Waals surface area (Å²) >= 11 is 0. The van der Waals surface area contributed by atoms with Crippen LogP contribution in [0.25, 0.3) is 0 Å². The van der Waals surface area contributed by atoms with Gasteiger partial charge in [0.1, 0.15) is 0 Å². The van der Waals surface area contributed by atoms with Crippen molar-refractivity contribution in [3.8, 4) is 0 Å². The van der Waals surface area contributed by atoms with Crippen LogP contribution in [0.15, 0.2) is 23.4 Å². The maximum atomic E-state index is 10.9. The Morgan fingerprint density at radius 1 is 1.52 bits per heavy atom. The maximum absolute atomic E-state index is 10.9. The number of rotatable bonds is 4. The number of benzene rings is 1. The zero-order chi connectivity index (χ0) is 15.4. The number of nitrogens with two attached hydrogens (primary N) is 1. The van der Waals surface area contributed by atoms with E-state index >= 15 is 0 Å². The van der Waals surface area contributed by atoms with Gasteiger partial charge in [-0.15, -0.1) is 0 Å². The van der Waals surface area contributed by atoms with E-state index in [0.29, 0.717) is 5.56 Å². The Labute approximate surface area is 121 Å². The van der Waals surface area contributed by atoms with Crippen molar-refractivity contribution in [2.24, 2.45) is 10.9 Å². The minimum Gasteiger partial charge on any atom is -0.409 e. The Balaban J connectivity index is 2.32. The summed E-state index contributed by atoms with van der Waals surface area (Å²) in [4.78, 5) is 12.4. The molecule has 1 aromatic carbocycles. The van der Waals surface area contributed by atoms with Gasteiger partial charge >= 0.3 is 0 Å². The Hall–Kier alpha value is -2.35. The number of oxime groups is 1. The van der Waals surface area contributed by atoms with Gasteiger partial charge in [0.15, 0.2) is 5.84 Å². The molecule has 0 atom stereocenters. The molecule has 1 fully saturated rings. The van der Waals surface area contributed by atoms with Gasteiger partial charge in [-0.3, -0.25) is 10.1 Å². The van der Waals surface area contributed by atoms with Crippen molar-refractivity contribution in [3.63, 3.8) is 0 Å². The van der Waals surface area contributed by atoms with Crippen molar-refractivity contribution in [2.45, 2.75) is 18.9 Å². The summed E-state index contributed by atoms with van der Waals surface area (Å²) in [7, 11) is 1.69. The summed E-state index contributed by atoms with van der Waals surface area (Å²) < 4.78 is 5.32. The molecule has 1 heterocycles. The maximum Gasteiger partial charge on any atom is 0.270 e. The van der Waals surface area contributed by atoms with Crippen LogP contribution in [-0.4, -0.2) is 42.3 Å². The quantitative estimate of drug-likeness (QED) is 0.284. The average Bonchev–Trinajstić information content (AvgIpc) is 2.53. The number of methoxy groups -OCH3 is 1. The van der Waals surface area contributed by atoms with Gasteiger partial charge in [0.25, 0.3) is 5.69 Å². The van der Waals surface area contributed by atoms with Crippen LogP contribution in [0.2, 0.25) is 0 Å². The molecule has 114 valence electrons. The lowest BCUT2D eigenvalue weighted by atomic mass is 10.0. The SMILES string of the molecule is COC1CCN(c2ccc([N+](=O)[O-])cc2C(N)=NO)CC1. The number of hydrogen-bond acceptors (Lipinski definition) is 6. The Morgan fingerprint density at radius 3 is 2.71 bits per heavy atom. The number of anilines is 1. The fraction of sp³-hybridized carbons (Fsp3) is 0.462. The highest BCUT2D eigenvalue weighted by atomic mass is 16.6. The molecule has 0 aromatic heterocycles. The minimum absolute atomic E-state index is 0.0906. The zero-order valence-electron chi connectivity index (χ0n) is 11.7. The van der Waals surface area contributed by atoms with E-state index in [2.05, 4.69) is 10.1 Å². The van der Waals surface area contributed by atoms with E-state index < -0.39 is 4.92 Å². The van der Waals surface area contributed by atoms with Gasteiger partial charge in [0, 0.05) is 38.0 Å². The number of piperidine rings is 1. The van der Waals surface area contributed by atoms with Crippen LogP contribution in [0.3, 0.4) is 0 Å². The number of nitrogens with zero attached hydrogens (tertiary/aromatic N) is 3. The molecule has 1 aliphatic rings. The molecule has 1 aromatic rings. The Bertz CT molecular complexity index is 553. The number of ether oxygens (including phenoxy) is 1. The van der Waals surface area contributed by atoms with Crippen molar-refractivity contribution in [1.29, 1.82) is 0 Å². The fourth-order valence-corrected chi connectivity index (χ4v) is 2.50. The Kier molecular flexibility index (Phi) is 4.59. The molecule has 0 aliphatic carbocycles. The van der Waals surface area contributed by atoms with E-state index in [0.717, 1.165) is 31.6 Å². The molecule has 0 radical (unpaired) electrons. The number of hydrogen-bond donors (Lipinski definition) is 2. The average molecular weight is 294 g/mol. The van der Waals surface area contributed by atoms with Crippen molar-refractivity contribution >= 4 is 17.2 Å². The largest absolute Gasteiger partial charge is 0.409 e. The summed E-state index contributed by atoms with van der Waals surface area (Å²) in [6.07, 6.45) is 1.96. The summed E-state index contributed by atoms with van der Waals surface area (Å²) in [6, 6.07) is 4.39. The molecule has 0 spiro atoms. The second-order valence-corrected chi connectivity index (χ2v) is 4.87. The number of amidine groups is 1. The van der Waals surface area contributed by atoms with Crippen LogP contribution < -0.4 is 10.6 Å². The normalized spacial score (nSPS) is 17.0. The molecule has 0 unspecified atom stereocenters. The second-order valence-electron chi connectivity index (χ2n) is 4.87. The van der Waals surface area contributed by atoms with Crippen molar-refractivity contribution in [2.75, 3.05) is 25.1 Å². The molecular weight excluding hydrogens is 276 g/mol. The first-order valence-corrected chi connectivity index (χ1v) is 6.61. The first-order valence-electron chi connectivity index (χ1n) is 6.61. The first-order chi connectivity index (χ1) is 10.1. The fourth-order valence-electron chi connectivity index (χ4n) is 2.50. The van der Waals surface area contributed by atoms with Crippen molar-refractivity contribution < 1.29 is 14.9 Å². The third-order valence-electron chi connectivity index (χ3n) is 3.69. The van der Waals surface area contributed by atoms with E-state index in [1.807, 2.05) is 0 Å². The molecule has 21 heavy (non-hydrogen) atoms. The predicted molar refractivity (Wildman–Crippen MR) is 77.9 cm³/mol. The highest BCUT2D eigenvalue weighted by Crippen LogP contribution is 2.28. The molecule has 2 rings (SSSR count). The van der Waals surface area contributed by atoms with Gasteiger partial charge in [-0.25, -0.2) is 0 Å². The third-order valence-corrected chi connectivity index (χ3v) is 3.69. The molecule has 3 N–H and O–H groups in total. The van der Waals surface area contributed by atoms with Crippen LogP contribution in [0.1, 0.15) is 18.4 Å². The number of nitro groups is 1. The highest BCUT2D eigenvalue weighted by molar-refractivity contribution is 6.02. The van der Waals surface area contributed by atoms with Crippen LogP contribution >= 0.6 is 0 Å². The topological polar surface area (TPSA) is 114 Å². The highest BCUT2D eigenvalue weighted by Gasteiger charge is 2.23. The summed E-state index contributed by atoms with van der Waals surface area (Å²) in [5.41, 5.74) is 6.65. The molecule has 1 aliphatic heterocycles. The van der Waals surface area contributed by atoms with Crippen LogP contribution in [0, 0.1) is 10.1 Å². The lowest BCUT2D eigenvalue weighted by Gasteiger charge is -2.33. The molecular formula is C13H18N4O4. The lowest BCUT2D eigenvalue weighted by Crippen LogP contribution is -2.37. The van der Waals surface area contributed by atoms with Gasteiger partial charge in [0.2, 0.25) is 0 Å². The third kappa shape index (κ3) is 3.22. The molecule has 8 heteroatoms. The second kappa shape index (κ2) is 6.40. The van der Waals surface area contributed by atoms with Gasteiger partial charge in [-0.2, -0.15) is 0 Å². The standard InChI is InChI=1S/C13H18N4O4/c1-21-10-4-6-16(7-5-10)12-3-2-9(17(19)20)8-11(12)13(14)15-18/h2-3,8,10,18H,4-7H2,1H3,(H2,14,15). The van der Waals surface area contributed by atoms with Crippen LogP contribution in [-0.2, 0) is 4.74 Å². The van der Waals surface area contributed by atoms with E-state index in [1.165, 1.54) is 12.1 Å². The van der Waals surface area contributed by atoms with Gasteiger partial charge in [0.05, 0.1) is 16.6 Å². The summed E-state index contributed by atoms with van der Waals surface area (Å²) in [6.45, 7) is 1.50. The van der Waals surface area contributed by atoms with E-state index in [-0.39, 0.29) is 17.6 Å². The first kappa shape index (κ1) is 15.0. The van der Waals surface area contributed by atoms with Crippen molar-refractivity contribution in [3.05, 3.63) is 33.9 Å². The molecule has 1 saturated heterocycles. The van der Waals surface area contributed by atoms with Gasteiger partial charge < -0.3 is 20.6 Å². The van der Waals surface area contributed by atoms with Crippen LogP contribution in [0.4, 0.5) is 11.4 Å². The van der Waals surface area contributed by atoms with E-state index in [1.54, 1.807) is 13.2 Å². The molecule has 0 amide bonds. The molecule has 0 bridgehead atoms. The molecule has 8 nitrogen and oxygen atoms in total. The number of non-ortho nitro benzene ring substituents is 1. The van der Waals surface area contributed by atoms with Crippen LogP contribution in [0.5, 0.6) is 0 Å². The number of nitro benzene ring substituents is 1. The zero-order valence-corrected chi connectivity index (χ0v) is 11.7. The Morgan fingerprint density at radius 2 is 2.19 bits per heavy atom. The van der Waals surface area contributed by atoms with E-state index in [4.69, 9.17) is 15.7 Å². The lowest BCUT2D eigenvalue weighted by molar-refractivity contribution is -0.384. The monoisotopic (exact) mass is 294 g/mol. The summed E-state index contributed by atoms with van der Waals surface area (Å²) in [5, 5.41) is 22.7. The van der Waals surface area contributed by atoms with Crippen molar-refractivity contribution in [1.82, 2.24) is 0 Å². The van der Waals surface area contributed by atoms with E-state index in [9.17, 15) is 10.1 Å². The van der Waals surface area contributed by atoms with Gasteiger partial charge in [-0.1, -0.05) is 5.16 Å². The smallest absolute Gasteiger partial charge is 0.270 e. The predicted octanol–water partition coefficient (Wildman–Crippen LogP) is 1.30.